The smallest absolute Gasteiger partial charge is 0.123 e. The molecule has 2 rings (SSSR count). The van der Waals surface area contributed by atoms with Crippen molar-refractivity contribution in [2.24, 2.45) is 0 Å². The molecule has 16 heavy (non-hydrogen) atoms. The molecule has 84 valence electrons. The van der Waals surface area contributed by atoms with Crippen LogP contribution in [0.4, 0.5) is 0 Å². The lowest BCUT2D eigenvalue weighted by molar-refractivity contribution is 0.407. The summed E-state index contributed by atoms with van der Waals surface area (Å²) in [7, 11) is 1.70. The molecule has 2 aromatic rings. The van der Waals surface area contributed by atoms with E-state index in [0.717, 1.165) is 18.8 Å². The summed E-state index contributed by atoms with van der Waals surface area (Å²) in [5.41, 5.74) is 2.51. The summed E-state index contributed by atoms with van der Waals surface area (Å²) in [6, 6.07) is 16.4. The standard InChI is InChI=1S/C14H16NO/c1-16-14-9-5-4-8-13(14)11-15-10-12-6-2-3-7-12/h2-9,15H,10-11H2,1H3/q-1. The lowest BCUT2D eigenvalue weighted by Gasteiger charge is -2.10. The topological polar surface area (TPSA) is 21.3 Å². The average Bonchev–Trinajstić information content (AvgIpc) is 2.83. The van der Waals surface area contributed by atoms with E-state index in [2.05, 4.69) is 35.6 Å². The molecule has 2 aromatic carbocycles. The summed E-state index contributed by atoms with van der Waals surface area (Å²) in [4.78, 5) is 0. The third-order valence-electron chi connectivity index (χ3n) is 2.57. The molecule has 0 radical (unpaired) electrons. The van der Waals surface area contributed by atoms with Gasteiger partial charge in [0, 0.05) is 12.1 Å². The predicted molar refractivity (Wildman–Crippen MR) is 65.6 cm³/mol. The van der Waals surface area contributed by atoms with Gasteiger partial charge in [0.15, 0.2) is 0 Å². The van der Waals surface area contributed by atoms with Crippen molar-refractivity contribution in [2.75, 3.05) is 7.11 Å². The van der Waals surface area contributed by atoms with Gasteiger partial charge in [-0.2, -0.15) is 23.8 Å². The Kier molecular flexibility index (Phi) is 3.67. The number of ether oxygens (including phenoxy) is 1. The van der Waals surface area contributed by atoms with E-state index in [1.165, 1.54) is 11.1 Å². The van der Waals surface area contributed by atoms with E-state index in [1.807, 2.05) is 18.2 Å². The maximum atomic E-state index is 5.29. The first kappa shape index (κ1) is 10.8. The lowest BCUT2D eigenvalue weighted by atomic mass is 10.2. The van der Waals surface area contributed by atoms with Gasteiger partial charge in [-0.1, -0.05) is 18.2 Å². The Hall–Kier alpha value is -1.67. The van der Waals surface area contributed by atoms with Gasteiger partial charge in [-0.3, -0.25) is 0 Å². The van der Waals surface area contributed by atoms with Crippen LogP contribution in [0, 0.1) is 0 Å². The zero-order chi connectivity index (χ0) is 11.2. The van der Waals surface area contributed by atoms with E-state index in [4.69, 9.17) is 4.74 Å². The van der Waals surface area contributed by atoms with Crippen LogP contribution in [0.15, 0.2) is 48.5 Å². The molecule has 0 spiro atoms. The molecule has 1 N–H and O–H groups in total. The fourth-order valence-electron chi connectivity index (χ4n) is 1.72. The van der Waals surface area contributed by atoms with Crippen LogP contribution >= 0.6 is 0 Å². The molecule has 0 unspecified atom stereocenters. The van der Waals surface area contributed by atoms with Crippen molar-refractivity contribution in [3.05, 3.63) is 59.7 Å². The molecule has 0 aromatic heterocycles. The zero-order valence-corrected chi connectivity index (χ0v) is 9.44. The van der Waals surface area contributed by atoms with Crippen molar-refractivity contribution in [3.8, 4) is 5.75 Å². The highest BCUT2D eigenvalue weighted by molar-refractivity contribution is 5.33. The van der Waals surface area contributed by atoms with Crippen molar-refractivity contribution >= 4 is 0 Å². The first-order chi connectivity index (χ1) is 7.90. The largest absolute Gasteiger partial charge is 0.496 e. The molecule has 0 heterocycles. The SMILES string of the molecule is COc1ccccc1CNCc1cc[cH-]c1. The summed E-state index contributed by atoms with van der Waals surface area (Å²) >= 11 is 0. The van der Waals surface area contributed by atoms with E-state index in [9.17, 15) is 0 Å². The third kappa shape index (κ3) is 2.67. The third-order valence-corrected chi connectivity index (χ3v) is 2.57. The molecule has 2 nitrogen and oxygen atoms in total. The van der Waals surface area contributed by atoms with Gasteiger partial charge in [0.25, 0.3) is 0 Å². The second-order valence-electron chi connectivity index (χ2n) is 3.71. The van der Waals surface area contributed by atoms with Crippen molar-refractivity contribution < 1.29 is 4.74 Å². The highest BCUT2D eigenvalue weighted by Gasteiger charge is 1.99. The Morgan fingerprint density at radius 3 is 2.81 bits per heavy atom. The van der Waals surface area contributed by atoms with Crippen LogP contribution in [0.5, 0.6) is 5.75 Å². The van der Waals surface area contributed by atoms with Gasteiger partial charge in [0.1, 0.15) is 5.75 Å². The molecule has 0 saturated carbocycles. The number of para-hydroxylation sites is 1. The van der Waals surface area contributed by atoms with Crippen LogP contribution in [0.25, 0.3) is 0 Å². The minimum atomic E-state index is 0.829. The molecule has 0 saturated heterocycles. The Bertz CT molecular complexity index is 420. The van der Waals surface area contributed by atoms with Crippen molar-refractivity contribution in [1.29, 1.82) is 0 Å². The highest BCUT2D eigenvalue weighted by atomic mass is 16.5. The Morgan fingerprint density at radius 2 is 2.06 bits per heavy atom. The normalized spacial score (nSPS) is 10.3. The molecule has 0 amide bonds. The number of benzene rings is 1. The van der Waals surface area contributed by atoms with E-state index in [1.54, 1.807) is 7.11 Å². The molecular formula is C14H16NO-. The zero-order valence-electron chi connectivity index (χ0n) is 9.44. The maximum Gasteiger partial charge on any atom is 0.123 e. The average molecular weight is 214 g/mol. The lowest BCUT2D eigenvalue weighted by Crippen LogP contribution is -2.12. The van der Waals surface area contributed by atoms with Crippen LogP contribution in [0.1, 0.15) is 11.1 Å². The predicted octanol–water partition coefficient (Wildman–Crippen LogP) is 2.70. The van der Waals surface area contributed by atoms with Crippen LogP contribution < -0.4 is 10.1 Å². The van der Waals surface area contributed by atoms with Crippen LogP contribution in [-0.4, -0.2) is 7.11 Å². The number of nitrogens with one attached hydrogen (secondary N) is 1. The summed E-state index contributed by atoms with van der Waals surface area (Å²) in [5.74, 6) is 0.942. The van der Waals surface area contributed by atoms with Crippen molar-refractivity contribution in [2.45, 2.75) is 13.1 Å². The number of rotatable bonds is 5. The molecule has 0 aliphatic rings. The second-order valence-corrected chi connectivity index (χ2v) is 3.71. The Balaban J connectivity index is 1.89. The van der Waals surface area contributed by atoms with Gasteiger partial charge in [-0.15, -0.1) is 0 Å². The monoisotopic (exact) mass is 214 g/mol. The van der Waals surface area contributed by atoms with E-state index >= 15 is 0 Å². The summed E-state index contributed by atoms with van der Waals surface area (Å²) in [6.45, 7) is 1.72. The minimum Gasteiger partial charge on any atom is -0.496 e. The minimum absolute atomic E-state index is 0.829. The highest BCUT2D eigenvalue weighted by Crippen LogP contribution is 2.16. The van der Waals surface area contributed by atoms with Crippen molar-refractivity contribution in [3.63, 3.8) is 0 Å². The van der Waals surface area contributed by atoms with Gasteiger partial charge in [-0.25, -0.2) is 6.07 Å². The van der Waals surface area contributed by atoms with Crippen LogP contribution in [-0.2, 0) is 13.1 Å². The van der Waals surface area contributed by atoms with Gasteiger partial charge in [0.2, 0.25) is 0 Å². The molecule has 0 aliphatic carbocycles. The summed E-state index contributed by atoms with van der Waals surface area (Å²) in [5, 5.41) is 3.40. The summed E-state index contributed by atoms with van der Waals surface area (Å²) in [6.07, 6.45) is 0. The van der Waals surface area contributed by atoms with E-state index in [0.29, 0.717) is 0 Å². The Morgan fingerprint density at radius 1 is 1.19 bits per heavy atom. The van der Waals surface area contributed by atoms with Gasteiger partial charge < -0.3 is 10.1 Å². The fourth-order valence-corrected chi connectivity index (χ4v) is 1.72. The molecule has 0 fully saturated rings. The second kappa shape index (κ2) is 5.42. The van der Waals surface area contributed by atoms with Gasteiger partial charge >= 0.3 is 0 Å². The molecular weight excluding hydrogens is 198 g/mol. The molecule has 0 bridgehead atoms. The first-order valence-corrected chi connectivity index (χ1v) is 5.43. The van der Waals surface area contributed by atoms with Gasteiger partial charge in [0.05, 0.1) is 7.11 Å². The molecule has 0 atom stereocenters. The fraction of sp³-hybridized carbons (Fsp3) is 0.214. The number of hydrogen-bond donors (Lipinski definition) is 1. The van der Waals surface area contributed by atoms with Gasteiger partial charge in [-0.05, 0) is 12.6 Å². The van der Waals surface area contributed by atoms with Crippen LogP contribution in [0.3, 0.4) is 0 Å². The quantitative estimate of drug-likeness (QED) is 0.773. The maximum absolute atomic E-state index is 5.29. The number of methoxy groups -OCH3 is 1. The van der Waals surface area contributed by atoms with Crippen LogP contribution in [0.2, 0.25) is 0 Å². The van der Waals surface area contributed by atoms with E-state index in [-0.39, 0.29) is 0 Å². The summed E-state index contributed by atoms with van der Waals surface area (Å²) < 4.78 is 5.29. The Labute approximate surface area is 96.2 Å². The molecule has 0 aliphatic heterocycles. The first-order valence-electron chi connectivity index (χ1n) is 5.43. The number of hydrogen-bond acceptors (Lipinski definition) is 2. The van der Waals surface area contributed by atoms with E-state index < -0.39 is 0 Å². The molecule has 2 heteroatoms. The van der Waals surface area contributed by atoms with Crippen molar-refractivity contribution in [1.82, 2.24) is 5.32 Å².